The molecule has 0 fully saturated rings. The molecule has 3 rings (SSSR count). The van der Waals surface area contributed by atoms with Gasteiger partial charge in [-0.25, -0.2) is 4.98 Å². The molecule has 22 heavy (non-hydrogen) atoms. The van der Waals surface area contributed by atoms with Crippen LogP contribution in [0.5, 0.6) is 0 Å². The normalized spacial score (nSPS) is 10.2. The quantitative estimate of drug-likeness (QED) is 0.787. The Bertz CT molecular complexity index is 757. The smallest absolute Gasteiger partial charge is 0.259 e. The number of aromatic nitrogens is 1. The SMILES string of the molecule is CN(c1ccccc1)c1ccccc1C(=O)Nc1nccs1. The standard InChI is InChI=1S/C17H15N3OS/c1-20(13-7-3-2-4-8-13)15-10-6-5-9-14(15)16(21)19-17-18-11-12-22-17/h2-12H,1H3,(H,18,19,21). The van der Waals surface area contributed by atoms with Crippen LogP contribution in [-0.2, 0) is 0 Å². The molecule has 3 aromatic rings. The van der Waals surface area contributed by atoms with Crippen molar-refractivity contribution in [2.75, 3.05) is 17.3 Å². The van der Waals surface area contributed by atoms with E-state index in [0.29, 0.717) is 10.7 Å². The molecule has 0 atom stereocenters. The van der Waals surface area contributed by atoms with Gasteiger partial charge in [0.05, 0.1) is 11.3 Å². The van der Waals surface area contributed by atoms with E-state index in [2.05, 4.69) is 10.3 Å². The minimum absolute atomic E-state index is 0.159. The van der Waals surface area contributed by atoms with Crippen LogP contribution in [0.3, 0.4) is 0 Å². The molecule has 0 aliphatic heterocycles. The number of carbonyl (C=O) groups excluding carboxylic acids is 1. The molecule has 0 saturated carbocycles. The average molecular weight is 309 g/mol. The third kappa shape index (κ3) is 2.99. The monoisotopic (exact) mass is 309 g/mol. The first-order valence-electron chi connectivity index (χ1n) is 6.84. The molecule has 0 unspecified atom stereocenters. The number of anilines is 3. The maximum absolute atomic E-state index is 12.5. The Hall–Kier alpha value is -2.66. The summed E-state index contributed by atoms with van der Waals surface area (Å²) in [5.74, 6) is -0.159. The van der Waals surface area contributed by atoms with Gasteiger partial charge in [0.15, 0.2) is 5.13 Å². The predicted octanol–water partition coefficient (Wildman–Crippen LogP) is 4.16. The van der Waals surface area contributed by atoms with E-state index in [4.69, 9.17) is 0 Å². The summed E-state index contributed by atoms with van der Waals surface area (Å²) in [6.07, 6.45) is 1.67. The molecule has 0 spiro atoms. The number of nitrogens with zero attached hydrogens (tertiary/aromatic N) is 2. The van der Waals surface area contributed by atoms with E-state index in [9.17, 15) is 4.79 Å². The van der Waals surface area contributed by atoms with Gasteiger partial charge in [0, 0.05) is 24.3 Å². The van der Waals surface area contributed by atoms with Gasteiger partial charge in [0.1, 0.15) is 0 Å². The van der Waals surface area contributed by atoms with Gasteiger partial charge in [0.2, 0.25) is 0 Å². The molecule has 1 amide bonds. The van der Waals surface area contributed by atoms with Gasteiger partial charge < -0.3 is 4.90 Å². The number of benzene rings is 2. The number of amides is 1. The Kier molecular flexibility index (Phi) is 4.16. The Morgan fingerprint density at radius 3 is 2.55 bits per heavy atom. The van der Waals surface area contributed by atoms with Gasteiger partial charge >= 0.3 is 0 Å². The molecule has 1 N–H and O–H groups in total. The Balaban J connectivity index is 1.91. The molecule has 110 valence electrons. The van der Waals surface area contributed by atoms with E-state index >= 15 is 0 Å². The zero-order valence-corrected chi connectivity index (χ0v) is 12.9. The lowest BCUT2D eigenvalue weighted by molar-refractivity contribution is 0.102. The van der Waals surface area contributed by atoms with Gasteiger partial charge in [-0.15, -0.1) is 11.3 Å². The molecule has 0 saturated heterocycles. The highest BCUT2D eigenvalue weighted by molar-refractivity contribution is 7.13. The fourth-order valence-corrected chi connectivity index (χ4v) is 2.72. The Morgan fingerprint density at radius 2 is 1.82 bits per heavy atom. The molecule has 0 bridgehead atoms. The van der Waals surface area contributed by atoms with Gasteiger partial charge in [-0.3, -0.25) is 10.1 Å². The first-order chi connectivity index (χ1) is 10.8. The van der Waals surface area contributed by atoms with Crippen LogP contribution in [-0.4, -0.2) is 17.9 Å². The van der Waals surface area contributed by atoms with Gasteiger partial charge in [0.25, 0.3) is 5.91 Å². The summed E-state index contributed by atoms with van der Waals surface area (Å²) in [4.78, 5) is 18.6. The molecular formula is C17H15N3OS. The highest BCUT2D eigenvalue weighted by Crippen LogP contribution is 2.27. The molecular weight excluding hydrogens is 294 g/mol. The molecule has 0 aliphatic carbocycles. The topological polar surface area (TPSA) is 45.2 Å². The molecule has 0 aliphatic rings. The molecule has 4 nitrogen and oxygen atoms in total. The second-order valence-corrected chi connectivity index (χ2v) is 5.60. The third-order valence-corrected chi connectivity index (χ3v) is 3.99. The van der Waals surface area contributed by atoms with Crippen LogP contribution in [0, 0.1) is 0 Å². The van der Waals surface area contributed by atoms with Crippen molar-refractivity contribution in [3.05, 3.63) is 71.7 Å². The van der Waals surface area contributed by atoms with Crippen molar-refractivity contribution in [2.24, 2.45) is 0 Å². The minimum atomic E-state index is -0.159. The van der Waals surface area contributed by atoms with Crippen LogP contribution in [0.15, 0.2) is 66.2 Å². The fourth-order valence-electron chi connectivity index (χ4n) is 2.20. The van der Waals surface area contributed by atoms with Crippen LogP contribution in [0.2, 0.25) is 0 Å². The van der Waals surface area contributed by atoms with Crippen LogP contribution in [0.1, 0.15) is 10.4 Å². The van der Waals surface area contributed by atoms with Crippen molar-refractivity contribution < 1.29 is 4.79 Å². The van der Waals surface area contributed by atoms with Crippen LogP contribution in [0.25, 0.3) is 0 Å². The van der Waals surface area contributed by atoms with Crippen molar-refractivity contribution in [3.63, 3.8) is 0 Å². The lowest BCUT2D eigenvalue weighted by Gasteiger charge is -2.22. The van der Waals surface area contributed by atoms with Gasteiger partial charge in [-0.05, 0) is 24.3 Å². The molecule has 1 aromatic heterocycles. The van der Waals surface area contributed by atoms with Gasteiger partial charge in [-0.1, -0.05) is 30.3 Å². The molecule has 1 heterocycles. The van der Waals surface area contributed by atoms with E-state index in [1.807, 2.05) is 71.9 Å². The second kappa shape index (κ2) is 6.41. The maximum atomic E-state index is 12.5. The summed E-state index contributed by atoms with van der Waals surface area (Å²) in [6, 6.07) is 17.5. The number of rotatable bonds is 4. The summed E-state index contributed by atoms with van der Waals surface area (Å²) < 4.78 is 0. The number of hydrogen-bond acceptors (Lipinski definition) is 4. The summed E-state index contributed by atoms with van der Waals surface area (Å²) in [7, 11) is 1.95. The second-order valence-electron chi connectivity index (χ2n) is 4.70. The van der Waals surface area contributed by atoms with Crippen molar-refractivity contribution in [1.29, 1.82) is 0 Å². The minimum Gasteiger partial charge on any atom is -0.344 e. The first-order valence-corrected chi connectivity index (χ1v) is 7.72. The number of nitrogens with one attached hydrogen (secondary N) is 1. The summed E-state index contributed by atoms with van der Waals surface area (Å²) in [6.45, 7) is 0. The lowest BCUT2D eigenvalue weighted by Crippen LogP contribution is -2.18. The largest absolute Gasteiger partial charge is 0.344 e. The van der Waals surface area contributed by atoms with Crippen LogP contribution >= 0.6 is 11.3 Å². The number of thiazole rings is 1. The van der Waals surface area contributed by atoms with E-state index in [1.54, 1.807) is 6.20 Å². The number of para-hydroxylation sites is 2. The third-order valence-electron chi connectivity index (χ3n) is 3.31. The zero-order chi connectivity index (χ0) is 15.4. The first kappa shape index (κ1) is 14.3. The summed E-state index contributed by atoms with van der Waals surface area (Å²) >= 11 is 1.40. The van der Waals surface area contributed by atoms with Crippen molar-refractivity contribution in [1.82, 2.24) is 4.98 Å². The zero-order valence-electron chi connectivity index (χ0n) is 12.1. The Labute approximate surface area is 133 Å². The fraction of sp³-hybridized carbons (Fsp3) is 0.0588. The lowest BCUT2D eigenvalue weighted by atomic mass is 10.1. The summed E-state index contributed by atoms with van der Waals surface area (Å²) in [5.41, 5.74) is 2.49. The van der Waals surface area contributed by atoms with Crippen LogP contribution < -0.4 is 10.2 Å². The molecule has 2 aromatic carbocycles. The van der Waals surface area contributed by atoms with Crippen molar-refractivity contribution in [3.8, 4) is 0 Å². The van der Waals surface area contributed by atoms with Crippen LogP contribution in [0.4, 0.5) is 16.5 Å². The highest BCUT2D eigenvalue weighted by Gasteiger charge is 2.15. The van der Waals surface area contributed by atoms with E-state index in [0.717, 1.165) is 11.4 Å². The number of carbonyl (C=O) groups is 1. The average Bonchev–Trinajstić information content (AvgIpc) is 3.08. The van der Waals surface area contributed by atoms with Crippen molar-refractivity contribution in [2.45, 2.75) is 0 Å². The highest BCUT2D eigenvalue weighted by atomic mass is 32.1. The van der Waals surface area contributed by atoms with E-state index < -0.39 is 0 Å². The van der Waals surface area contributed by atoms with Crippen molar-refractivity contribution >= 4 is 33.8 Å². The molecule has 0 radical (unpaired) electrons. The predicted molar refractivity (Wildman–Crippen MR) is 91.0 cm³/mol. The number of hydrogen-bond donors (Lipinski definition) is 1. The Morgan fingerprint density at radius 1 is 1.09 bits per heavy atom. The maximum Gasteiger partial charge on any atom is 0.259 e. The van der Waals surface area contributed by atoms with E-state index in [1.165, 1.54) is 11.3 Å². The molecule has 5 heteroatoms. The van der Waals surface area contributed by atoms with E-state index in [-0.39, 0.29) is 5.91 Å². The van der Waals surface area contributed by atoms with Gasteiger partial charge in [-0.2, -0.15) is 0 Å². The summed E-state index contributed by atoms with van der Waals surface area (Å²) in [5, 5.41) is 5.26.